The van der Waals surface area contributed by atoms with Gasteiger partial charge in [0.1, 0.15) is 12.1 Å². The van der Waals surface area contributed by atoms with Crippen molar-refractivity contribution in [1.82, 2.24) is 15.2 Å². The van der Waals surface area contributed by atoms with Crippen LogP contribution in [0.25, 0.3) is 10.2 Å². The molecule has 2 N–H and O–H groups in total. The summed E-state index contributed by atoms with van der Waals surface area (Å²) in [6.07, 6.45) is 0. The van der Waals surface area contributed by atoms with Gasteiger partial charge in [-0.1, -0.05) is 47.2 Å². The Morgan fingerprint density at radius 3 is 2.53 bits per heavy atom. The second kappa shape index (κ2) is 7.21. The average molecular weight is 423 g/mol. The number of nitrogens with zero attached hydrogens (tertiary/aromatic N) is 2. The molecule has 3 aromatic rings. The van der Waals surface area contributed by atoms with Crippen molar-refractivity contribution in [3.8, 4) is 0 Å². The number of imide groups is 1. The minimum Gasteiger partial charge on any atom is -0.319 e. The number of nitrogens with one attached hydrogen (secondary N) is 2. The average Bonchev–Trinajstić information content (AvgIpc) is 3.16. The van der Waals surface area contributed by atoms with Crippen molar-refractivity contribution >= 4 is 44.5 Å². The van der Waals surface area contributed by atoms with Crippen molar-refractivity contribution in [3.63, 3.8) is 0 Å². The Labute approximate surface area is 178 Å². The van der Waals surface area contributed by atoms with Gasteiger partial charge in [0.05, 0.1) is 10.2 Å². The predicted molar refractivity (Wildman–Crippen MR) is 116 cm³/mol. The third-order valence-corrected chi connectivity index (χ3v) is 6.20. The fourth-order valence-electron chi connectivity index (χ4n) is 3.65. The largest absolute Gasteiger partial charge is 0.325 e. The van der Waals surface area contributed by atoms with Crippen LogP contribution in [0.2, 0.25) is 0 Å². The molecule has 0 spiro atoms. The van der Waals surface area contributed by atoms with Crippen LogP contribution in [0.4, 0.5) is 9.93 Å². The summed E-state index contributed by atoms with van der Waals surface area (Å²) < 4.78 is 0.977. The van der Waals surface area contributed by atoms with Crippen LogP contribution in [0.5, 0.6) is 0 Å². The van der Waals surface area contributed by atoms with E-state index in [0.29, 0.717) is 10.7 Å². The number of rotatable bonds is 4. The Balaban J connectivity index is 1.50. The molecule has 4 amide bonds. The van der Waals surface area contributed by atoms with Crippen molar-refractivity contribution in [2.24, 2.45) is 0 Å². The van der Waals surface area contributed by atoms with Crippen LogP contribution < -0.4 is 10.6 Å². The third kappa shape index (κ3) is 3.43. The molecule has 8 heteroatoms. The first-order valence-corrected chi connectivity index (χ1v) is 10.4. The number of thiazole rings is 1. The molecule has 1 fully saturated rings. The fourth-order valence-corrected chi connectivity index (χ4v) is 4.71. The van der Waals surface area contributed by atoms with Crippen LogP contribution in [-0.2, 0) is 15.1 Å². The smallest absolute Gasteiger partial charge is 0.319 e. The van der Waals surface area contributed by atoms with Crippen molar-refractivity contribution in [2.45, 2.75) is 33.2 Å². The predicted octanol–water partition coefficient (Wildman–Crippen LogP) is 3.63. The molecule has 0 radical (unpaired) electrons. The van der Waals surface area contributed by atoms with E-state index in [-0.39, 0.29) is 6.54 Å². The molecule has 2 heterocycles. The number of benzene rings is 2. The Kier molecular flexibility index (Phi) is 4.82. The second-order valence-corrected chi connectivity index (χ2v) is 8.84. The summed E-state index contributed by atoms with van der Waals surface area (Å²) in [6, 6.07) is 10.8. The quantitative estimate of drug-likeness (QED) is 0.628. The normalized spacial score (nSPS) is 18.7. The molecule has 30 heavy (non-hydrogen) atoms. The molecule has 154 valence electrons. The first-order valence-electron chi connectivity index (χ1n) is 9.56. The van der Waals surface area contributed by atoms with Gasteiger partial charge < -0.3 is 10.6 Å². The number of aromatic nitrogens is 1. The lowest BCUT2D eigenvalue weighted by Gasteiger charge is -2.22. The molecule has 0 saturated carbocycles. The number of carbonyl (C=O) groups is 3. The monoisotopic (exact) mass is 422 g/mol. The molecule has 1 atom stereocenters. The number of anilines is 1. The van der Waals surface area contributed by atoms with E-state index in [1.807, 2.05) is 57.2 Å². The van der Waals surface area contributed by atoms with Gasteiger partial charge in [-0.05, 0) is 50.5 Å². The van der Waals surface area contributed by atoms with Gasteiger partial charge in [0.15, 0.2) is 5.13 Å². The summed E-state index contributed by atoms with van der Waals surface area (Å²) in [6.45, 7) is 7.20. The number of aryl methyl sites for hydroxylation is 3. The summed E-state index contributed by atoms with van der Waals surface area (Å²) >= 11 is 1.36. The lowest BCUT2D eigenvalue weighted by atomic mass is 9.91. The Morgan fingerprint density at radius 2 is 1.83 bits per heavy atom. The highest BCUT2D eigenvalue weighted by Crippen LogP contribution is 2.31. The van der Waals surface area contributed by atoms with Gasteiger partial charge in [-0.3, -0.25) is 14.5 Å². The number of hydrogen-bond acceptors (Lipinski definition) is 5. The van der Waals surface area contributed by atoms with Crippen LogP contribution in [0.15, 0.2) is 36.4 Å². The molecule has 7 nitrogen and oxygen atoms in total. The van der Waals surface area contributed by atoms with Crippen LogP contribution in [0.3, 0.4) is 0 Å². The molecule has 1 aromatic heterocycles. The first kappa shape index (κ1) is 20.0. The molecule has 1 saturated heterocycles. The van der Waals surface area contributed by atoms with Crippen molar-refractivity contribution in [3.05, 3.63) is 58.7 Å². The lowest BCUT2D eigenvalue weighted by Crippen LogP contribution is -2.42. The van der Waals surface area contributed by atoms with Gasteiger partial charge in [0.25, 0.3) is 5.91 Å². The number of urea groups is 1. The Morgan fingerprint density at radius 1 is 1.13 bits per heavy atom. The summed E-state index contributed by atoms with van der Waals surface area (Å²) in [5, 5.41) is 5.87. The van der Waals surface area contributed by atoms with Gasteiger partial charge >= 0.3 is 6.03 Å². The second-order valence-electron chi connectivity index (χ2n) is 7.81. The zero-order valence-corrected chi connectivity index (χ0v) is 18.0. The number of amides is 4. The maximum absolute atomic E-state index is 13.0. The van der Waals surface area contributed by atoms with E-state index >= 15 is 0 Å². The van der Waals surface area contributed by atoms with Gasteiger partial charge in [-0.25, -0.2) is 9.78 Å². The highest BCUT2D eigenvalue weighted by atomic mass is 32.1. The van der Waals surface area contributed by atoms with Crippen LogP contribution in [-0.4, -0.2) is 34.3 Å². The van der Waals surface area contributed by atoms with E-state index in [4.69, 9.17) is 0 Å². The molecular formula is C22H22N4O3S. The molecule has 0 aliphatic carbocycles. The zero-order chi connectivity index (χ0) is 21.6. The fraction of sp³-hybridized carbons (Fsp3) is 0.273. The van der Waals surface area contributed by atoms with Crippen molar-refractivity contribution in [2.75, 3.05) is 11.9 Å². The minimum atomic E-state index is -1.20. The van der Waals surface area contributed by atoms with Gasteiger partial charge in [0, 0.05) is 0 Å². The Hall–Kier alpha value is -3.26. The molecule has 1 aliphatic rings. The summed E-state index contributed by atoms with van der Waals surface area (Å²) in [4.78, 5) is 43.4. The van der Waals surface area contributed by atoms with Gasteiger partial charge in [-0.2, -0.15) is 0 Å². The summed E-state index contributed by atoms with van der Waals surface area (Å²) in [5.74, 6) is -0.928. The van der Waals surface area contributed by atoms with Gasteiger partial charge in [0.2, 0.25) is 5.91 Å². The van der Waals surface area contributed by atoms with Crippen molar-refractivity contribution < 1.29 is 14.4 Å². The molecule has 1 unspecified atom stereocenters. The van der Waals surface area contributed by atoms with Gasteiger partial charge in [-0.15, -0.1) is 0 Å². The maximum Gasteiger partial charge on any atom is 0.325 e. The summed E-state index contributed by atoms with van der Waals surface area (Å²) in [7, 11) is 0. The maximum atomic E-state index is 13.0. The van der Waals surface area contributed by atoms with Crippen LogP contribution in [0.1, 0.15) is 29.2 Å². The highest BCUT2D eigenvalue weighted by molar-refractivity contribution is 7.22. The van der Waals surface area contributed by atoms with Crippen LogP contribution in [0, 0.1) is 20.8 Å². The lowest BCUT2D eigenvalue weighted by molar-refractivity contribution is -0.133. The SMILES string of the molecule is Cc1ccc(C2(C)NC(=O)N(CC(=O)Nc3nc4c(C)cc(C)cc4s3)C2=O)cc1. The molecule has 2 aromatic carbocycles. The third-order valence-electron chi connectivity index (χ3n) is 5.28. The van der Waals surface area contributed by atoms with E-state index in [2.05, 4.69) is 15.6 Å². The Bertz CT molecular complexity index is 1190. The topological polar surface area (TPSA) is 91.4 Å². The summed E-state index contributed by atoms with van der Waals surface area (Å²) in [5.41, 5.74) is 3.52. The van der Waals surface area contributed by atoms with E-state index < -0.39 is 23.4 Å². The molecule has 4 rings (SSSR count). The zero-order valence-electron chi connectivity index (χ0n) is 17.2. The van der Waals surface area contributed by atoms with E-state index in [9.17, 15) is 14.4 Å². The molecule has 0 bridgehead atoms. The minimum absolute atomic E-state index is 0.375. The van der Waals surface area contributed by atoms with E-state index in [1.165, 1.54) is 11.3 Å². The first-order chi connectivity index (χ1) is 14.2. The highest BCUT2D eigenvalue weighted by Gasteiger charge is 2.49. The van der Waals surface area contributed by atoms with E-state index in [0.717, 1.165) is 31.8 Å². The number of carbonyl (C=O) groups excluding carboxylic acids is 3. The molecular weight excluding hydrogens is 400 g/mol. The molecule has 1 aliphatic heterocycles. The van der Waals surface area contributed by atoms with Crippen molar-refractivity contribution in [1.29, 1.82) is 0 Å². The van der Waals surface area contributed by atoms with Crippen LogP contribution >= 0.6 is 11.3 Å². The number of hydrogen-bond donors (Lipinski definition) is 2. The number of fused-ring (bicyclic) bond motifs is 1. The standard InChI is InChI=1S/C22H22N4O3S/c1-12-5-7-15(8-6-12)22(4)19(28)26(21(29)25-22)11-17(27)23-20-24-18-14(3)9-13(2)10-16(18)30-20/h5-10H,11H2,1-4H3,(H,25,29)(H,23,24,27). The van der Waals surface area contributed by atoms with E-state index in [1.54, 1.807) is 6.92 Å².